The maximum atomic E-state index is 13.4. The summed E-state index contributed by atoms with van der Waals surface area (Å²) in [6, 6.07) is 8.72. The molecule has 4 rings (SSSR count). The van der Waals surface area contributed by atoms with Gasteiger partial charge in [0.1, 0.15) is 11.4 Å². The largest absolute Gasteiger partial charge is 0.451 e. The van der Waals surface area contributed by atoms with Crippen LogP contribution in [-0.2, 0) is 11.3 Å². The predicted molar refractivity (Wildman–Crippen MR) is 100 cm³/mol. The lowest BCUT2D eigenvalue weighted by atomic mass is 10.2. The maximum absolute atomic E-state index is 13.4. The highest BCUT2D eigenvalue weighted by Gasteiger charge is 2.26. The van der Waals surface area contributed by atoms with Crippen LogP contribution >= 0.6 is 11.3 Å². The van der Waals surface area contributed by atoms with Gasteiger partial charge in [-0.3, -0.25) is 9.59 Å². The third-order valence-electron chi connectivity index (χ3n) is 4.56. The van der Waals surface area contributed by atoms with E-state index < -0.39 is 11.2 Å². The van der Waals surface area contributed by atoms with Crippen LogP contribution in [0.1, 0.15) is 28.3 Å². The average molecular weight is 387 g/mol. The van der Waals surface area contributed by atoms with Crippen LogP contribution in [0.2, 0.25) is 0 Å². The number of hydrogen-bond donors (Lipinski definition) is 0. The van der Waals surface area contributed by atoms with Gasteiger partial charge in [0.25, 0.3) is 5.91 Å². The minimum Gasteiger partial charge on any atom is -0.451 e. The van der Waals surface area contributed by atoms with E-state index in [-0.39, 0.29) is 28.7 Å². The molecule has 1 aromatic carbocycles. The van der Waals surface area contributed by atoms with Crippen molar-refractivity contribution >= 4 is 28.2 Å². The highest BCUT2D eigenvalue weighted by Crippen LogP contribution is 2.20. The van der Waals surface area contributed by atoms with Gasteiger partial charge in [-0.1, -0.05) is 6.07 Å². The molecule has 0 aliphatic carbocycles. The standard InChI is InChI=1S/C20H18FNO4S/c21-13-5-6-18-16(9-13)17(23)10-19(26-18)20(24)22(11-14-3-1-7-25-14)12-15-4-2-8-27-15/h2,4-6,8-10,14H,1,3,7,11-12H2/t14-/m0/s1. The monoisotopic (exact) mass is 387 g/mol. The van der Waals surface area contributed by atoms with Gasteiger partial charge in [-0.25, -0.2) is 4.39 Å². The smallest absolute Gasteiger partial charge is 0.290 e. The number of benzene rings is 1. The molecule has 27 heavy (non-hydrogen) atoms. The van der Waals surface area contributed by atoms with E-state index >= 15 is 0 Å². The molecule has 140 valence electrons. The Hall–Kier alpha value is -2.51. The summed E-state index contributed by atoms with van der Waals surface area (Å²) in [6.07, 6.45) is 1.85. The predicted octanol–water partition coefficient (Wildman–Crippen LogP) is 3.82. The Morgan fingerprint density at radius 2 is 2.19 bits per heavy atom. The van der Waals surface area contributed by atoms with Gasteiger partial charge in [0.2, 0.25) is 0 Å². The van der Waals surface area contributed by atoms with Gasteiger partial charge in [-0.15, -0.1) is 11.3 Å². The van der Waals surface area contributed by atoms with Crippen LogP contribution < -0.4 is 5.43 Å². The van der Waals surface area contributed by atoms with Crippen LogP contribution in [0.4, 0.5) is 4.39 Å². The zero-order valence-corrected chi connectivity index (χ0v) is 15.3. The number of amides is 1. The maximum Gasteiger partial charge on any atom is 0.290 e. The van der Waals surface area contributed by atoms with Crippen LogP contribution in [0.3, 0.4) is 0 Å². The van der Waals surface area contributed by atoms with Crippen LogP contribution in [0.5, 0.6) is 0 Å². The van der Waals surface area contributed by atoms with E-state index in [1.807, 2.05) is 17.5 Å². The molecular weight excluding hydrogens is 369 g/mol. The topological polar surface area (TPSA) is 59.8 Å². The molecule has 1 fully saturated rings. The normalized spacial score (nSPS) is 16.7. The molecule has 7 heteroatoms. The van der Waals surface area contributed by atoms with Crippen molar-refractivity contribution in [3.8, 4) is 0 Å². The molecular formula is C20H18FNO4S. The lowest BCUT2D eigenvalue weighted by Crippen LogP contribution is -2.37. The minimum atomic E-state index is -0.522. The highest BCUT2D eigenvalue weighted by molar-refractivity contribution is 7.09. The second kappa shape index (κ2) is 7.62. The minimum absolute atomic E-state index is 0.0183. The number of carbonyl (C=O) groups is 1. The van der Waals surface area contributed by atoms with E-state index in [0.29, 0.717) is 19.7 Å². The fourth-order valence-corrected chi connectivity index (χ4v) is 3.95. The molecule has 1 saturated heterocycles. The van der Waals surface area contributed by atoms with Crippen molar-refractivity contribution < 1.29 is 18.3 Å². The lowest BCUT2D eigenvalue weighted by molar-refractivity contribution is 0.0486. The van der Waals surface area contributed by atoms with Gasteiger partial charge in [0, 0.05) is 24.1 Å². The molecule has 1 amide bonds. The Balaban J connectivity index is 1.66. The quantitative estimate of drug-likeness (QED) is 0.668. The van der Waals surface area contributed by atoms with Gasteiger partial charge < -0.3 is 14.1 Å². The molecule has 0 spiro atoms. The van der Waals surface area contributed by atoms with Crippen LogP contribution in [0.25, 0.3) is 11.0 Å². The molecule has 0 N–H and O–H groups in total. The number of nitrogens with zero attached hydrogens (tertiary/aromatic N) is 1. The summed E-state index contributed by atoms with van der Waals surface area (Å²) in [5, 5.41) is 2.07. The second-order valence-corrected chi connectivity index (χ2v) is 7.55. The summed E-state index contributed by atoms with van der Waals surface area (Å²) in [4.78, 5) is 28.1. The molecule has 0 saturated carbocycles. The van der Waals surface area contributed by atoms with Crippen molar-refractivity contribution in [2.45, 2.75) is 25.5 Å². The number of fused-ring (bicyclic) bond motifs is 1. The van der Waals surface area contributed by atoms with Crippen molar-refractivity contribution in [3.63, 3.8) is 0 Å². The molecule has 5 nitrogen and oxygen atoms in total. The van der Waals surface area contributed by atoms with Crippen molar-refractivity contribution in [2.24, 2.45) is 0 Å². The second-order valence-electron chi connectivity index (χ2n) is 6.52. The van der Waals surface area contributed by atoms with Gasteiger partial charge in [-0.05, 0) is 42.5 Å². The molecule has 3 heterocycles. The van der Waals surface area contributed by atoms with E-state index in [0.717, 1.165) is 29.9 Å². The van der Waals surface area contributed by atoms with Crippen molar-refractivity contribution in [3.05, 3.63) is 68.5 Å². The Morgan fingerprint density at radius 3 is 2.93 bits per heavy atom. The first-order chi connectivity index (χ1) is 13.1. The van der Waals surface area contributed by atoms with E-state index in [4.69, 9.17) is 9.15 Å². The SMILES string of the molecule is O=C(c1cc(=O)c2cc(F)ccc2o1)N(Cc1cccs1)C[C@@H]1CCCO1. The summed E-state index contributed by atoms with van der Waals surface area (Å²) in [6.45, 7) is 1.55. The zero-order valence-electron chi connectivity index (χ0n) is 14.5. The Labute approximate surface area is 159 Å². The van der Waals surface area contributed by atoms with Crippen molar-refractivity contribution in [1.82, 2.24) is 4.90 Å². The number of carbonyl (C=O) groups excluding carboxylic acids is 1. The molecule has 1 aliphatic heterocycles. The van der Waals surface area contributed by atoms with Crippen molar-refractivity contribution in [1.29, 1.82) is 0 Å². The highest BCUT2D eigenvalue weighted by atomic mass is 32.1. The fourth-order valence-electron chi connectivity index (χ4n) is 3.23. The number of rotatable bonds is 5. The summed E-state index contributed by atoms with van der Waals surface area (Å²) < 4.78 is 24.7. The Morgan fingerprint density at radius 1 is 1.30 bits per heavy atom. The molecule has 0 bridgehead atoms. The molecule has 0 unspecified atom stereocenters. The van der Waals surface area contributed by atoms with Crippen LogP contribution in [-0.4, -0.2) is 30.1 Å². The first-order valence-corrected chi connectivity index (χ1v) is 9.65. The number of hydrogen-bond acceptors (Lipinski definition) is 5. The van der Waals surface area contributed by atoms with Gasteiger partial charge in [0.05, 0.1) is 18.0 Å². The molecule has 3 aromatic rings. The molecule has 2 aromatic heterocycles. The third-order valence-corrected chi connectivity index (χ3v) is 5.42. The van der Waals surface area contributed by atoms with Gasteiger partial charge >= 0.3 is 0 Å². The van der Waals surface area contributed by atoms with Crippen LogP contribution in [0.15, 0.2) is 51.0 Å². The first-order valence-electron chi connectivity index (χ1n) is 8.77. The van der Waals surface area contributed by atoms with E-state index in [1.165, 1.54) is 12.1 Å². The lowest BCUT2D eigenvalue weighted by Gasteiger charge is -2.24. The number of thiophene rings is 1. The average Bonchev–Trinajstić information content (AvgIpc) is 3.35. The summed E-state index contributed by atoms with van der Waals surface area (Å²) in [7, 11) is 0. The zero-order chi connectivity index (χ0) is 18.8. The molecule has 1 atom stereocenters. The Kier molecular flexibility index (Phi) is 5.05. The number of halogens is 1. The van der Waals surface area contributed by atoms with E-state index in [2.05, 4.69) is 0 Å². The first kappa shape index (κ1) is 17.9. The van der Waals surface area contributed by atoms with Gasteiger partial charge in [0.15, 0.2) is 11.2 Å². The van der Waals surface area contributed by atoms with Crippen LogP contribution in [0, 0.1) is 5.82 Å². The fraction of sp³-hybridized carbons (Fsp3) is 0.300. The number of ether oxygens (including phenoxy) is 1. The molecule has 1 aliphatic rings. The van der Waals surface area contributed by atoms with E-state index in [1.54, 1.807) is 16.2 Å². The third kappa shape index (κ3) is 3.94. The Bertz CT molecular complexity index is 1010. The van der Waals surface area contributed by atoms with E-state index in [9.17, 15) is 14.0 Å². The van der Waals surface area contributed by atoms with Crippen molar-refractivity contribution in [2.75, 3.05) is 13.2 Å². The van der Waals surface area contributed by atoms with Gasteiger partial charge in [-0.2, -0.15) is 0 Å². The summed E-state index contributed by atoms with van der Waals surface area (Å²) in [5.74, 6) is -0.942. The summed E-state index contributed by atoms with van der Waals surface area (Å²) >= 11 is 1.56. The molecule has 0 radical (unpaired) electrons. The summed E-state index contributed by atoms with van der Waals surface area (Å²) in [5.41, 5.74) is -0.243.